The number of nitrogens with one attached hydrogen (secondary N) is 1. The van der Waals surface area contributed by atoms with E-state index in [1.54, 1.807) is 42.5 Å². The first-order chi connectivity index (χ1) is 11.1. The lowest BCUT2D eigenvalue weighted by Crippen LogP contribution is -2.23. The molecule has 0 atom stereocenters. The number of carbonyl (C=O) groups excluding carboxylic acids is 1. The zero-order valence-corrected chi connectivity index (χ0v) is 12.5. The molecule has 23 heavy (non-hydrogen) atoms. The van der Waals surface area contributed by atoms with Crippen molar-refractivity contribution < 1.29 is 13.6 Å². The Kier molecular flexibility index (Phi) is 4.34. The van der Waals surface area contributed by atoms with Crippen LogP contribution in [0.1, 0.15) is 16.2 Å². The average Bonchev–Trinajstić information content (AvgIpc) is 3.04. The summed E-state index contributed by atoms with van der Waals surface area (Å²) >= 11 is 5.81. The molecule has 0 bridgehead atoms. The van der Waals surface area contributed by atoms with Gasteiger partial charge in [0.05, 0.1) is 0 Å². The van der Waals surface area contributed by atoms with Crippen LogP contribution in [-0.2, 0) is 6.54 Å². The van der Waals surface area contributed by atoms with E-state index in [2.05, 4.69) is 15.5 Å². The maximum atomic E-state index is 13.5. The van der Waals surface area contributed by atoms with E-state index in [-0.39, 0.29) is 24.1 Å². The highest BCUT2D eigenvalue weighted by molar-refractivity contribution is 6.30. The van der Waals surface area contributed by atoms with Gasteiger partial charge in [-0.2, -0.15) is 0 Å². The standard InChI is InChI=1S/C16H11ClFN3O2/c17-12-7-5-10(6-8-12)15-20-21-16(23-15)14(22)19-9-11-3-1-2-4-13(11)18/h1-8H,9H2,(H,19,22). The molecule has 1 amide bonds. The van der Waals surface area contributed by atoms with Gasteiger partial charge in [-0.3, -0.25) is 4.79 Å². The predicted octanol–water partition coefficient (Wildman–Crippen LogP) is 3.46. The first-order valence-electron chi connectivity index (χ1n) is 6.74. The molecule has 0 aliphatic heterocycles. The molecule has 3 aromatic rings. The number of nitrogens with zero attached hydrogens (tertiary/aromatic N) is 2. The van der Waals surface area contributed by atoms with Gasteiger partial charge in [-0.05, 0) is 30.3 Å². The molecular formula is C16H11ClFN3O2. The van der Waals surface area contributed by atoms with Gasteiger partial charge in [0.1, 0.15) is 5.82 Å². The molecule has 0 aliphatic carbocycles. The van der Waals surface area contributed by atoms with Gasteiger partial charge < -0.3 is 9.73 Å². The van der Waals surface area contributed by atoms with Gasteiger partial charge in [0.25, 0.3) is 0 Å². The highest BCUT2D eigenvalue weighted by Gasteiger charge is 2.16. The van der Waals surface area contributed by atoms with Crippen LogP contribution < -0.4 is 5.32 Å². The normalized spacial score (nSPS) is 10.5. The topological polar surface area (TPSA) is 68.0 Å². The van der Waals surface area contributed by atoms with Crippen molar-refractivity contribution in [1.82, 2.24) is 15.5 Å². The largest absolute Gasteiger partial charge is 0.412 e. The molecule has 1 heterocycles. The van der Waals surface area contributed by atoms with Gasteiger partial charge in [0.15, 0.2) is 0 Å². The molecule has 0 aliphatic rings. The predicted molar refractivity (Wildman–Crippen MR) is 82.3 cm³/mol. The minimum absolute atomic E-state index is 0.0319. The third-order valence-electron chi connectivity index (χ3n) is 3.11. The van der Waals surface area contributed by atoms with Gasteiger partial charge in [-0.1, -0.05) is 29.8 Å². The van der Waals surface area contributed by atoms with E-state index in [0.717, 1.165) is 0 Å². The second-order valence-corrected chi connectivity index (χ2v) is 5.13. The number of rotatable bonds is 4. The van der Waals surface area contributed by atoms with Crippen LogP contribution in [0, 0.1) is 5.82 Å². The van der Waals surface area contributed by atoms with Crippen LogP contribution in [0.4, 0.5) is 4.39 Å². The smallest absolute Gasteiger partial charge is 0.309 e. The Morgan fingerprint density at radius 1 is 1.13 bits per heavy atom. The molecular weight excluding hydrogens is 321 g/mol. The van der Waals surface area contributed by atoms with E-state index in [0.29, 0.717) is 16.1 Å². The van der Waals surface area contributed by atoms with Gasteiger partial charge in [0, 0.05) is 22.7 Å². The molecule has 1 aromatic heterocycles. The summed E-state index contributed by atoms with van der Waals surface area (Å²) in [5.74, 6) is -0.940. The lowest BCUT2D eigenvalue weighted by molar-refractivity contribution is 0.0916. The van der Waals surface area contributed by atoms with Crippen LogP contribution >= 0.6 is 11.6 Å². The van der Waals surface area contributed by atoms with Crippen LogP contribution in [0.15, 0.2) is 52.9 Å². The Balaban J connectivity index is 1.69. The second-order valence-electron chi connectivity index (χ2n) is 4.69. The van der Waals surface area contributed by atoms with Gasteiger partial charge in [0.2, 0.25) is 5.89 Å². The molecule has 0 saturated carbocycles. The Morgan fingerprint density at radius 2 is 1.87 bits per heavy atom. The molecule has 0 saturated heterocycles. The molecule has 3 rings (SSSR count). The highest BCUT2D eigenvalue weighted by atomic mass is 35.5. The number of hydrogen-bond acceptors (Lipinski definition) is 4. The zero-order chi connectivity index (χ0) is 16.2. The van der Waals surface area contributed by atoms with E-state index in [9.17, 15) is 9.18 Å². The lowest BCUT2D eigenvalue weighted by atomic mass is 10.2. The summed E-state index contributed by atoms with van der Waals surface area (Å²) in [5, 5.41) is 10.6. The Labute approximate surface area is 136 Å². The monoisotopic (exact) mass is 331 g/mol. The van der Waals surface area contributed by atoms with Gasteiger partial charge in [-0.25, -0.2) is 4.39 Å². The molecule has 0 spiro atoms. The Hall–Kier alpha value is -2.73. The Morgan fingerprint density at radius 3 is 2.61 bits per heavy atom. The van der Waals surface area contributed by atoms with Crippen LogP contribution in [0.3, 0.4) is 0 Å². The molecule has 0 fully saturated rings. The fraction of sp³-hybridized carbons (Fsp3) is 0.0625. The third kappa shape index (κ3) is 3.54. The number of amides is 1. The highest BCUT2D eigenvalue weighted by Crippen LogP contribution is 2.20. The van der Waals surface area contributed by atoms with Crippen molar-refractivity contribution in [2.24, 2.45) is 0 Å². The maximum Gasteiger partial charge on any atom is 0.309 e. The summed E-state index contributed by atoms with van der Waals surface area (Å²) in [4.78, 5) is 12.0. The van der Waals surface area contributed by atoms with Crippen LogP contribution in [-0.4, -0.2) is 16.1 Å². The fourth-order valence-electron chi connectivity index (χ4n) is 1.92. The molecule has 2 aromatic carbocycles. The summed E-state index contributed by atoms with van der Waals surface area (Å²) in [6.07, 6.45) is 0. The maximum absolute atomic E-state index is 13.5. The van der Waals surface area contributed by atoms with Gasteiger partial charge in [-0.15, -0.1) is 10.2 Å². The summed E-state index contributed by atoms with van der Waals surface area (Å²) in [6, 6.07) is 13.0. The minimum Gasteiger partial charge on any atom is -0.412 e. The first-order valence-corrected chi connectivity index (χ1v) is 7.12. The lowest BCUT2D eigenvalue weighted by Gasteiger charge is -2.03. The van der Waals surface area contributed by atoms with Crippen LogP contribution in [0.2, 0.25) is 5.02 Å². The number of halogens is 2. The van der Waals surface area contributed by atoms with Crippen molar-refractivity contribution in [3.63, 3.8) is 0 Å². The van der Waals surface area contributed by atoms with E-state index < -0.39 is 5.91 Å². The summed E-state index contributed by atoms with van der Waals surface area (Å²) in [6.45, 7) is 0.0319. The van der Waals surface area contributed by atoms with Crippen LogP contribution in [0.5, 0.6) is 0 Å². The number of aromatic nitrogens is 2. The molecule has 0 radical (unpaired) electrons. The summed E-state index contributed by atoms with van der Waals surface area (Å²) in [7, 11) is 0. The number of carbonyl (C=O) groups is 1. The molecule has 0 unspecified atom stereocenters. The second kappa shape index (κ2) is 6.58. The quantitative estimate of drug-likeness (QED) is 0.795. The van der Waals surface area contributed by atoms with E-state index in [1.165, 1.54) is 6.07 Å². The summed E-state index contributed by atoms with van der Waals surface area (Å²) in [5.41, 5.74) is 1.02. The number of hydrogen-bond donors (Lipinski definition) is 1. The average molecular weight is 332 g/mol. The van der Waals surface area contributed by atoms with E-state index in [1.807, 2.05) is 0 Å². The molecule has 1 N–H and O–H groups in total. The van der Waals surface area contributed by atoms with Crippen molar-refractivity contribution >= 4 is 17.5 Å². The molecule has 116 valence electrons. The Bertz CT molecular complexity index is 833. The molecule has 7 heteroatoms. The first kappa shape index (κ1) is 15.2. The third-order valence-corrected chi connectivity index (χ3v) is 3.36. The van der Waals surface area contributed by atoms with Crippen LogP contribution in [0.25, 0.3) is 11.5 Å². The van der Waals surface area contributed by atoms with Crippen molar-refractivity contribution in [3.05, 3.63) is 70.8 Å². The zero-order valence-electron chi connectivity index (χ0n) is 11.8. The molecule has 5 nitrogen and oxygen atoms in total. The number of benzene rings is 2. The summed E-state index contributed by atoms with van der Waals surface area (Å²) < 4.78 is 18.8. The fourth-order valence-corrected chi connectivity index (χ4v) is 2.04. The van der Waals surface area contributed by atoms with Crippen molar-refractivity contribution in [2.45, 2.75) is 6.54 Å². The van der Waals surface area contributed by atoms with Crippen molar-refractivity contribution in [1.29, 1.82) is 0 Å². The minimum atomic E-state index is -0.569. The van der Waals surface area contributed by atoms with Crippen molar-refractivity contribution in [2.75, 3.05) is 0 Å². The van der Waals surface area contributed by atoms with Crippen molar-refractivity contribution in [3.8, 4) is 11.5 Å². The van der Waals surface area contributed by atoms with E-state index in [4.69, 9.17) is 16.0 Å². The van der Waals surface area contributed by atoms with E-state index >= 15 is 0 Å². The van der Waals surface area contributed by atoms with Gasteiger partial charge >= 0.3 is 11.8 Å². The SMILES string of the molecule is O=C(NCc1ccccc1F)c1nnc(-c2ccc(Cl)cc2)o1.